The van der Waals surface area contributed by atoms with Crippen LogP contribution in [0.15, 0.2) is 41.6 Å². The molecule has 176 valence electrons. The maximum absolute atomic E-state index is 13.4. The Hall–Kier alpha value is -2.71. The lowest BCUT2D eigenvalue weighted by molar-refractivity contribution is -0.143. The molecule has 0 bridgehead atoms. The van der Waals surface area contributed by atoms with Gasteiger partial charge in [0.25, 0.3) is 0 Å². The summed E-state index contributed by atoms with van der Waals surface area (Å²) in [6.07, 6.45) is 3.46. The molecule has 33 heavy (non-hydrogen) atoms. The minimum absolute atomic E-state index is 0.0333. The molecule has 7 nitrogen and oxygen atoms in total. The van der Waals surface area contributed by atoms with Gasteiger partial charge in [0.05, 0.1) is 22.1 Å². The molecular formula is C25H32N4O3S. The van der Waals surface area contributed by atoms with Gasteiger partial charge in [-0.25, -0.2) is 4.98 Å². The van der Waals surface area contributed by atoms with E-state index in [9.17, 15) is 9.59 Å². The average Bonchev–Trinajstić information content (AvgIpc) is 3.53. The summed E-state index contributed by atoms with van der Waals surface area (Å²) in [4.78, 5) is 39.3. The maximum Gasteiger partial charge on any atom is 0.243 e. The molecule has 3 atom stereocenters. The fourth-order valence-corrected chi connectivity index (χ4v) is 5.33. The van der Waals surface area contributed by atoms with E-state index in [-0.39, 0.29) is 23.8 Å². The van der Waals surface area contributed by atoms with Crippen molar-refractivity contribution < 1.29 is 14.4 Å². The molecule has 8 heteroatoms. The van der Waals surface area contributed by atoms with Crippen molar-refractivity contribution in [1.29, 1.82) is 0 Å². The molecule has 2 amide bonds. The Labute approximate surface area is 199 Å². The molecule has 2 aliphatic heterocycles. The van der Waals surface area contributed by atoms with E-state index in [2.05, 4.69) is 27.9 Å². The third-order valence-corrected chi connectivity index (χ3v) is 7.26. The van der Waals surface area contributed by atoms with Crippen LogP contribution in [0, 0.1) is 18.8 Å². The number of aryl methyl sites for hydroxylation is 1. The second kappa shape index (κ2) is 10.1. The summed E-state index contributed by atoms with van der Waals surface area (Å²) in [5.74, 6) is 0.205. The molecule has 1 aromatic heterocycles. The van der Waals surface area contributed by atoms with Gasteiger partial charge in [0.15, 0.2) is 0 Å². The minimum atomic E-state index is -0.440. The van der Waals surface area contributed by atoms with E-state index >= 15 is 0 Å². The molecular weight excluding hydrogens is 436 g/mol. The molecule has 1 saturated heterocycles. The number of rotatable bonds is 7. The highest BCUT2D eigenvalue weighted by molar-refractivity contribution is 7.13. The molecule has 0 radical (unpaired) electrons. The summed E-state index contributed by atoms with van der Waals surface area (Å²) < 4.78 is 0. The fraction of sp³-hybridized carbons (Fsp3) is 0.480. The second-order valence-electron chi connectivity index (χ2n) is 9.17. The van der Waals surface area contributed by atoms with Gasteiger partial charge >= 0.3 is 0 Å². The second-order valence-corrected chi connectivity index (χ2v) is 10.0. The first-order valence-electron chi connectivity index (χ1n) is 11.6. The SMILES string of the molecule is Cc1ncsc1-c1ccc(CNC(=O)C2CCCN2C(=O)C(C2=CC(C)NO2)C(C)C)cc1. The lowest BCUT2D eigenvalue weighted by atomic mass is 9.91. The summed E-state index contributed by atoms with van der Waals surface area (Å²) >= 11 is 1.62. The minimum Gasteiger partial charge on any atom is -0.412 e. The summed E-state index contributed by atoms with van der Waals surface area (Å²) in [7, 11) is 0. The van der Waals surface area contributed by atoms with Crippen LogP contribution in [0.1, 0.15) is 44.9 Å². The molecule has 4 rings (SSSR count). The van der Waals surface area contributed by atoms with Gasteiger partial charge in [0.1, 0.15) is 17.7 Å². The van der Waals surface area contributed by atoms with Crippen LogP contribution in [-0.2, 0) is 21.0 Å². The standard InChI is InChI=1S/C25H32N4O3S/c1-15(2)22(21-12-16(3)28-32-21)25(31)29-11-5-6-20(29)24(30)26-13-18-7-9-19(10-8-18)23-17(4)27-14-33-23/h7-10,12,14-16,20,22,28H,5-6,11,13H2,1-4H3,(H,26,30). The van der Waals surface area contributed by atoms with Crippen molar-refractivity contribution >= 4 is 23.2 Å². The van der Waals surface area contributed by atoms with E-state index < -0.39 is 12.0 Å². The van der Waals surface area contributed by atoms with E-state index in [0.29, 0.717) is 25.3 Å². The third-order valence-electron chi connectivity index (χ3n) is 6.28. The number of hydroxylamine groups is 1. The van der Waals surface area contributed by atoms with Gasteiger partial charge in [-0.3, -0.25) is 9.59 Å². The predicted molar refractivity (Wildman–Crippen MR) is 129 cm³/mol. The first kappa shape index (κ1) is 23.4. The van der Waals surface area contributed by atoms with Crippen LogP contribution in [0.3, 0.4) is 0 Å². The number of thiazole rings is 1. The Bertz CT molecular complexity index is 1030. The Balaban J connectivity index is 1.39. The average molecular weight is 469 g/mol. The topological polar surface area (TPSA) is 83.6 Å². The first-order chi connectivity index (χ1) is 15.8. The number of benzene rings is 1. The number of hydrogen-bond donors (Lipinski definition) is 2. The van der Waals surface area contributed by atoms with Crippen LogP contribution in [0.5, 0.6) is 0 Å². The largest absolute Gasteiger partial charge is 0.412 e. The summed E-state index contributed by atoms with van der Waals surface area (Å²) in [6.45, 7) is 9.04. The molecule has 3 heterocycles. The van der Waals surface area contributed by atoms with Crippen LogP contribution in [0.25, 0.3) is 10.4 Å². The number of carbonyl (C=O) groups excluding carboxylic acids is 2. The Kier molecular flexibility index (Phi) is 7.14. The van der Waals surface area contributed by atoms with Gasteiger partial charge in [-0.15, -0.1) is 11.3 Å². The molecule has 2 aromatic rings. The van der Waals surface area contributed by atoms with Gasteiger partial charge in [-0.05, 0) is 49.8 Å². The van der Waals surface area contributed by atoms with E-state index in [0.717, 1.165) is 28.1 Å². The maximum atomic E-state index is 13.4. The van der Waals surface area contributed by atoms with Gasteiger partial charge in [-0.2, -0.15) is 5.48 Å². The van der Waals surface area contributed by atoms with E-state index in [1.165, 1.54) is 0 Å². The van der Waals surface area contributed by atoms with Crippen LogP contribution in [0.2, 0.25) is 0 Å². The van der Waals surface area contributed by atoms with Gasteiger partial charge in [0, 0.05) is 13.1 Å². The number of carbonyl (C=O) groups is 2. The Morgan fingerprint density at radius 2 is 2.06 bits per heavy atom. The fourth-order valence-electron chi connectivity index (χ4n) is 4.52. The zero-order valence-electron chi connectivity index (χ0n) is 19.6. The van der Waals surface area contributed by atoms with Crippen molar-refractivity contribution in [2.45, 2.75) is 59.2 Å². The highest BCUT2D eigenvalue weighted by Gasteiger charge is 2.41. The summed E-state index contributed by atoms with van der Waals surface area (Å²) in [5.41, 5.74) is 7.92. The highest BCUT2D eigenvalue weighted by atomic mass is 32.1. The van der Waals surface area contributed by atoms with Crippen LogP contribution in [-0.4, -0.2) is 40.3 Å². The summed E-state index contributed by atoms with van der Waals surface area (Å²) in [6, 6.07) is 7.80. The van der Waals surface area contributed by atoms with Crippen molar-refractivity contribution in [1.82, 2.24) is 20.7 Å². The molecule has 1 aromatic carbocycles. The molecule has 0 aliphatic carbocycles. The zero-order valence-corrected chi connectivity index (χ0v) is 20.4. The molecule has 1 fully saturated rings. The number of aromatic nitrogens is 1. The van der Waals surface area contributed by atoms with Crippen LogP contribution in [0.4, 0.5) is 0 Å². The smallest absolute Gasteiger partial charge is 0.243 e. The highest BCUT2D eigenvalue weighted by Crippen LogP contribution is 2.30. The van der Waals surface area contributed by atoms with E-state index in [1.54, 1.807) is 16.2 Å². The zero-order chi connectivity index (χ0) is 23.5. The Morgan fingerprint density at radius 1 is 1.30 bits per heavy atom. The third kappa shape index (κ3) is 5.12. The van der Waals surface area contributed by atoms with Crippen molar-refractivity contribution in [3.8, 4) is 10.4 Å². The van der Waals surface area contributed by atoms with Crippen molar-refractivity contribution in [3.05, 3.63) is 52.9 Å². The molecule has 3 unspecified atom stereocenters. The van der Waals surface area contributed by atoms with Gasteiger partial charge in [-0.1, -0.05) is 38.1 Å². The monoisotopic (exact) mass is 468 g/mol. The number of nitrogens with zero attached hydrogens (tertiary/aromatic N) is 2. The van der Waals surface area contributed by atoms with E-state index in [4.69, 9.17) is 4.84 Å². The lowest BCUT2D eigenvalue weighted by Crippen LogP contribution is -2.48. The van der Waals surface area contributed by atoms with Gasteiger partial charge < -0.3 is 15.1 Å². The van der Waals surface area contributed by atoms with Crippen molar-refractivity contribution in [2.75, 3.05) is 6.54 Å². The van der Waals surface area contributed by atoms with Crippen molar-refractivity contribution in [3.63, 3.8) is 0 Å². The lowest BCUT2D eigenvalue weighted by Gasteiger charge is -2.30. The molecule has 0 saturated carbocycles. The molecule has 0 spiro atoms. The van der Waals surface area contributed by atoms with Crippen molar-refractivity contribution in [2.24, 2.45) is 11.8 Å². The normalized spacial score (nSPS) is 21.1. The van der Waals surface area contributed by atoms with E-state index in [1.807, 2.05) is 51.4 Å². The quantitative estimate of drug-likeness (QED) is 0.646. The van der Waals surface area contributed by atoms with Crippen LogP contribution >= 0.6 is 11.3 Å². The Morgan fingerprint density at radius 3 is 2.67 bits per heavy atom. The predicted octanol–water partition coefficient (Wildman–Crippen LogP) is 3.81. The number of amides is 2. The number of nitrogens with one attached hydrogen (secondary N) is 2. The van der Waals surface area contributed by atoms with Crippen LogP contribution < -0.4 is 10.8 Å². The van der Waals surface area contributed by atoms with Gasteiger partial charge in [0.2, 0.25) is 11.8 Å². The molecule has 2 N–H and O–H groups in total. The molecule has 2 aliphatic rings. The first-order valence-corrected chi connectivity index (χ1v) is 12.4. The number of likely N-dealkylation sites (tertiary alicyclic amines) is 1. The number of hydrogen-bond acceptors (Lipinski definition) is 6. The summed E-state index contributed by atoms with van der Waals surface area (Å²) in [5, 5.41) is 3.04.